The number of nitrogens with one attached hydrogen (secondary N) is 1. The second kappa shape index (κ2) is 4.91. The molecule has 0 aromatic carbocycles. The van der Waals surface area contributed by atoms with Gasteiger partial charge in [-0.15, -0.1) is 11.3 Å². The Morgan fingerprint density at radius 2 is 2.23 bits per heavy atom. The van der Waals surface area contributed by atoms with Crippen LogP contribution in [0.1, 0.15) is 12.0 Å². The molecule has 112 valence electrons. The molecule has 1 N–H and O–H groups in total. The van der Waals surface area contributed by atoms with Gasteiger partial charge in [-0.3, -0.25) is 4.79 Å². The third kappa shape index (κ3) is 2.29. The van der Waals surface area contributed by atoms with Crippen LogP contribution in [-0.4, -0.2) is 21.5 Å². The minimum Gasteiger partial charge on any atom is -0.309 e. The number of carbonyl (C=O) groups excluding carboxylic acids is 1. The Morgan fingerprint density at radius 1 is 1.41 bits per heavy atom. The molecule has 1 fully saturated rings. The molecule has 1 saturated carbocycles. The number of carbonyl (C=O) groups is 1. The van der Waals surface area contributed by atoms with Crippen LogP contribution in [0.2, 0.25) is 0 Å². The predicted octanol–water partition coefficient (Wildman–Crippen LogP) is 3.67. The summed E-state index contributed by atoms with van der Waals surface area (Å²) >= 11 is 1.70. The van der Waals surface area contributed by atoms with Crippen LogP contribution in [0, 0.1) is 12.8 Å². The second-order valence-corrected chi connectivity index (χ2v) is 6.51. The number of alkyl halides is 1. The summed E-state index contributed by atoms with van der Waals surface area (Å²) in [7, 11) is 0. The smallest absolute Gasteiger partial charge is 0.231 e. The Balaban J connectivity index is 1.63. The summed E-state index contributed by atoms with van der Waals surface area (Å²) in [5, 5.41) is 4.75. The van der Waals surface area contributed by atoms with Crippen LogP contribution in [0.3, 0.4) is 0 Å². The Labute approximate surface area is 130 Å². The number of nitrogens with zero attached hydrogens (tertiary/aromatic N) is 2. The van der Waals surface area contributed by atoms with Crippen LogP contribution in [-0.2, 0) is 4.79 Å². The van der Waals surface area contributed by atoms with E-state index in [0.717, 1.165) is 11.2 Å². The summed E-state index contributed by atoms with van der Waals surface area (Å²) in [6, 6.07) is 6.03. The van der Waals surface area contributed by atoms with Crippen LogP contribution in [0.15, 0.2) is 36.0 Å². The molecule has 0 saturated heterocycles. The van der Waals surface area contributed by atoms with Gasteiger partial charge in [0.2, 0.25) is 5.91 Å². The number of halogens is 1. The van der Waals surface area contributed by atoms with Crippen molar-refractivity contribution in [1.29, 1.82) is 0 Å². The standard InChI is InChI=1S/C16H14FN3OS/c1-9-4-5-22-15(9)10-2-3-14-18-13(8-20(14)7-10)19-16(21)11-6-12(11)17/h2-5,7-8,11-12H,6H2,1H3,(H,19,21). The van der Waals surface area contributed by atoms with E-state index in [1.165, 1.54) is 10.4 Å². The lowest BCUT2D eigenvalue weighted by Crippen LogP contribution is -2.15. The Kier molecular flexibility index (Phi) is 3.00. The van der Waals surface area contributed by atoms with Crippen molar-refractivity contribution in [2.75, 3.05) is 5.32 Å². The number of anilines is 1. The zero-order chi connectivity index (χ0) is 15.3. The molecule has 1 aliphatic carbocycles. The lowest BCUT2D eigenvalue weighted by Gasteiger charge is -2.01. The average molecular weight is 315 g/mol. The number of thiophene rings is 1. The van der Waals surface area contributed by atoms with Gasteiger partial charge >= 0.3 is 0 Å². The normalized spacial score (nSPS) is 20.3. The molecule has 0 bridgehead atoms. The molecule has 0 spiro atoms. The highest BCUT2D eigenvalue weighted by molar-refractivity contribution is 7.13. The van der Waals surface area contributed by atoms with Crippen molar-refractivity contribution in [1.82, 2.24) is 9.38 Å². The predicted molar refractivity (Wildman–Crippen MR) is 84.9 cm³/mol. The number of amides is 1. The Hall–Kier alpha value is -2.21. The van der Waals surface area contributed by atoms with E-state index in [9.17, 15) is 9.18 Å². The van der Waals surface area contributed by atoms with E-state index in [4.69, 9.17) is 0 Å². The minimum absolute atomic E-state index is 0.287. The number of hydrogen-bond donors (Lipinski definition) is 1. The first-order valence-electron chi connectivity index (χ1n) is 7.10. The minimum atomic E-state index is -0.995. The quantitative estimate of drug-likeness (QED) is 0.801. The van der Waals surface area contributed by atoms with Gasteiger partial charge < -0.3 is 9.72 Å². The van der Waals surface area contributed by atoms with E-state index < -0.39 is 12.1 Å². The average Bonchev–Trinajstić information content (AvgIpc) is 2.90. The van der Waals surface area contributed by atoms with E-state index >= 15 is 0 Å². The number of pyridine rings is 1. The molecule has 6 heteroatoms. The van der Waals surface area contributed by atoms with E-state index in [1.807, 2.05) is 22.7 Å². The third-order valence-corrected chi connectivity index (χ3v) is 4.94. The SMILES string of the molecule is Cc1ccsc1-c1ccc2nc(NC(=O)C3CC3F)cn2c1. The molecule has 2 unspecified atom stereocenters. The van der Waals surface area contributed by atoms with Crippen LogP contribution < -0.4 is 5.32 Å². The van der Waals surface area contributed by atoms with Gasteiger partial charge in [0.1, 0.15) is 11.8 Å². The zero-order valence-corrected chi connectivity index (χ0v) is 12.7. The molecule has 3 aromatic rings. The number of imidazole rings is 1. The van der Waals surface area contributed by atoms with Gasteiger partial charge in [-0.1, -0.05) is 0 Å². The highest BCUT2D eigenvalue weighted by Crippen LogP contribution is 2.34. The maximum absolute atomic E-state index is 12.9. The van der Waals surface area contributed by atoms with Crippen molar-refractivity contribution in [3.63, 3.8) is 0 Å². The van der Waals surface area contributed by atoms with E-state index in [-0.39, 0.29) is 5.91 Å². The number of rotatable bonds is 3. The van der Waals surface area contributed by atoms with Gasteiger partial charge in [-0.25, -0.2) is 9.37 Å². The second-order valence-electron chi connectivity index (χ2n) is 5.59. The van der Waals surface area contributed by atoms with Crippen molar-refractivity contribution < 1.29 is 9.18 Å². The largest absolute Gasteiger partial charge is 0.309 e. The fourth-order valence-electron chi connectivity index (χ4n) is 2.51. The Bertz CT molecular complexity index is 869. The maximum atomic E-state index is 12.9. The number of aromatic nitrogens is 2. The van der Waals surface area contributed by atoms with Crippen LogP contribution >= 0.6 is 11.3 Å². The van der Waals surface area contributed by atoms with E-state index in [0.29, 0.717) is 12.2 Å². The lowest BCUT2D eigenvalue weighted by atomic mass is 10.2. The molecule has 2 atom stereocenters. The molecule has 0 aliphatic heterocycles. The lowest BCUT2D eigenvalue weighted by molar-refractivity contribution is -0.117. The summed E-state index contributed by atoms with van der Waals surface area (Å²) in [6.07, 6.45) is 3.08. The molecule has 1 aliphatic rings. The number of hydrogen-bond acceptors (Lipinski definition) is 3. The molecule has 3 aromatic heterocycles. The highest BCUT2D eigenvalue weighted by Gasteiger charge is 2.43. The molecular weight excluding hydrogens is 301 g/mol. The first-order valence-corrected chi connectivity index (χ1v) is 7.98. The van der Waals surface area contributed by atoms with E-state index in [1.54, 1.807) is 17.5 Å². The summed E-state index contributed by atoms with van der Waals surface area (Å²) in [5.41, 5.74) is 3.10. The molecule has 0 radical (unpaired) electrons. The van der Waals surface area contributed by atoms with Gasteiger partial charge in [0.15, 0.2) is 5.82 Å². The number of fused-ring (bicyclic) bond motifs is 1. The van der Waals surface area contributed by atoms with Crippen LogP contribution in [0.5, 0.6) is 0 Å². The maximum Gasteiger partial charge on any atom is 0.231 e. The third-order valence-electron chi connectivity index (χ3n) is 3.88. The summed E-state index contributed by atoms with van der Waals surface area (Å²) in [6.45, 7) is 2.08. The van der Waals surface area contributed by atoms with Gasteiger partial charge in [-0.05, 0) is 42.5 Å². The molecular formula is C16H14FN3OS. The van der Waals surface area contributed by atoms with Gasteiger partial charge in [-0.2, -0.15) is 0 Å². The highest BCUT2D eigenvalue weighted by atomic mass is 32.1. The van der Waals surface area contributed by atoms with E-state index in [2.05, 4.69) is 28.7 Å². The summed E-state index contributed by atoms with van der Waals surface area (Å²) in [5.74, 6) is -0.330. The monoisotopic (exact) mass is 315 g/mol. The van der Waals surface area contributed by atoms with Gasteiger partial charge in [0.25, 0.3) is 0 Å². The van der Waals surface area contributed by atoms with Gasteiger partial charge in [0, 0.05) is 16.6 Å². The fourth-order valence-corrected chi connectivity index (χ4v) is 3.43. The summed E-state index contributed by atoms with van der Waals surface area (Å²) < 4.78 is 14.8. The molecule has 3 heterocycles. The topological polar surface area (TPSA) is 46.4 Å². The first kappa shape index (κ1) is 13.5. The molecule has 22 heavy (non-hydrogen) atoms. The number of aryl methyl sites for hydroxylation is 1. The fraction of sp³-hybridized carbons (Fsp3) is 0.250. The zero-order valence-electron chi connectivity index (χ0n) is 11.9. The van der Waals surface area contributed by atoms with Crippen molar-refractivity contribution >= 4 is 28.7 Å². The van der Waals surface area contributed by atoms with Crippen molar-refractivity contribution in [2.24, 2.45) is 5.92 Å². The van der Waals surface area contributed by atoms with Crippen molar-refractivity contribution in [2.45, 2.75) is 19.5 Å². The van der Waals surface area contributed by atoms with Crippen molar-refractivity contribution in [3.05, 3.63) is 41.5 Å². The Morgan fingerprint density at radius 3 is 2.91 bits per heavy atom. The van der Waals surface area contributed by atoms with Gasteiger partial charge in [0.05, 0.1) is 12.1 Å². The van der Waals surface area contributed by atoms with Crippen molar-refractivity contribution in [3.8, 4) is 10.4 Å². The molecule has 4 rings (SSSR count). The van der Waals surface area contributed by atoms with Crippen LogP contribution in [0.25, 0.3) is 16.1 Å². The molecule has 1 amide bonds. The molecule has 4 nitrogen and oxygen atoms in total. The first-order chi connectivity index (χ1) is 10.6. The van der Waals surface area contributed by atoms with Crippen LogP contribution in [0.4, 0.5) is 10.2 Å². The summed E-state index contributed by atoms with van der Waals surface area (Å²) in [4.78, 5) is 17.3.